The predicted octanol–water partition coefficient (Wildman–Crippen LogP) is 0.833. The Morgan fingerprint density at radius 1 is 1.56 bits per heavy atom. The molecule has 1 heteroatoms. The van der Waals surface area contributed by atoms with Crippen molar-refractivity contribution < 1.29 is 0 Å². The van der Waals surface area contributed by atoms with Crippen LogP contribution in [0.3, 0.4) is 0 Å². The summed E-state index contributed by atoms with van der Waals surface area (Å²) in [6.07, 6.45) is 13.6. The smallest absolute Gasteiger partial charge is 0.0996 e. The van der Waals surface area contributed by atoms with E-state index in [-0.39, 0.29) is 0 Å². The molecule has 0 heterocycles. The molecule has 1 nitrogen and oxygen atoms in total. The molecule has 0 fully saturated rings. The minimum absolute atomic E-state index is 0.519. The van der Waals surface area contributed by atoms with E-state index < -0.39 is 5.54 Å². The van der Waals surface area contributed by atoms with Crippen LogP contribution in [0.5, 0.6) is 0 Å². The van der Waals surface area contributed by atoms with Crippen molar-refractivity contribution in [2.45, 2.75) is 12.0 Å². The second kappa shape index (κ2) is 2.08. The van der Waals surface area contributed by atoms with Crippen LogP contribution in [-0.2, 0) is 0 Å². The summed E-state index contributed by atoms with van der Waals surface area (Å²) in [4.78, 5) is 0. The van der Waals surface area contributed by atoms with Crippen molar-refractivity contribution in [3.63, 3.8) is 0 Å². The number of terminal acetylenes is 1. The zero-order valence-electron chi connectivity index (χ0n) is 5.17. The first-order valence-electron chi connectivity index (χ1n) is 2.88. The zero-order chi connectivity index (χ0) is 6.74. The van der Waals surface area contributed by atoms with E-state index >= 15 is 0 Å². The number of allylic oxidation sites excluding steroid dienone is 2. The fourth-order valence-corrected chi connectivity index (χ4v) is 0.744. The summed E-state index contributed by atoms with van der Waals surface area (Å²) in [6.45, 7) is 0. The fourth-order valence-electron chi connectivity index (χ4n) is 0.744. The second-order valence-electron chi connectivity index (χ2n) is 2.18. The fraction of sp³-hybridized carbons (Fsp3) is 0.250. The van der Waals surface area contributed by atoms with Gasteiger partial charge in [-0.1, -0.05) is 30.2 Å². The zero-order valence-corrected chi connectivity index (χ0v) is 5.17. The summed E-state index contributed by atoms with van der Waals surface area (Å²) in [5, 5.41) is 0. The van der Waals surface area contributed by atoms with Gasteiger partial charge in [-0.3, -0.25) is 0 Å². The van der Waals surface area contributed by atoms with E-state index in [1.54, 1.807) is 0 Å². The molecule has 0 spiro atoms. The molecule has 0 aromatic carbocycles. The number of hydrogen-bond acceptors (Lipinski definition) is 1. The van der Waals surface area contributed by atoms with Crippen LogP contribution in [-0.4, -0.2) is 5.54 Å². The molecule has 1 aliphatic rings. The molecule has 0 saturated carbocycles. The van der Waals surface area contributed by atoms with E-state index in [0.717, 1.165) is 6.42 Å². The monoisotopic (exact) mass is 119 g/mol. The molecule has 0 saturated heterocycles. The van der Waals surface area contributed by atoms with Gasteiger partial charge in [0.1, 0.15) is 0 Å². The second-order valence-corrected chi connectivity index (χ2v) is 2.18. The largest absolute Gasteiger partial charge is 0.312 e. The van der Waals surface area contributed by atoms with Crippen LogP contribution in [0.2, 0.25) is 0 Å². The van der Waals surface area contributed by atoms with E-state index in [2.05, 4.69) is 5.92 Å². The Labute approximate surface area is 55.2 Å². The highest BCUT2D eigenvalue weighted by Crippen LogP contribution is 2.11. The maximum Gasteiger partial charge on any atom is 0.0996 e. The van der Waals surface area contributed by atoms with Gasteiger partial charge in [-0.15, -0.1) is 6.42 Å². The molecule has 0 aromatic heterocycles. The number of nitrogens with two attached hydrogens (primary N) is 1. The van der Waals surface area contributed by atoms with Crippen molar-refractivity contribution in [2.24, 2.45) is 5.73 Å². The Balaban J connectivity index is 2.77. The Bertz CT molecular complexity index is 195. The summed E-state index contributed by atoms with van der Waals surface area (Å²) in [6, 6.07) is 0. The van der Waals surface area contributed by atoms with Gasteiger partial charge in [0, 0.05) is 0 Å². The molecule has 9 heavy (non-hydrogen) atoms. The Morgan fingerprint density at radius 2 is 2.33 bits per heavy atom. The van der Waals surface area contributed by atoms with Gasteiger partial charge >= 0.3 is 0 Å². The van der Waals surface area contributed by atoms with E-state index in [1.165, 1.54) is 0 Å². The Morgan fingerprint density at radius 3 is 2.67 bits per heavy atom. The van der Waals surface area contributed by atoms with E-state index in [0.29, 0.717) is 0 Å². The summed E-state index contributed by atoms with van der Waals surface area (Å²) in [7, 11) is 0. The molecule has 0 aromatic rings. The summed E-state index contributed by atoms with van der Waals surface area (Å²) < 4.78 is 0. The highest BCUT2D eigenvalue weighted by atomic mass is 14.7. The summed E-state index contributed by atoms with van der Waals surface area (Å²) in [5.74, 6) is 2.52. The molecular formula is C8H9N. The molecule has 1 unspecified atom stereocenters. The highest BCUT2D eigenvalue weighted by molar-refractivity contribution is 5.30. The van der Waals surface area contributed by atoms with Gasteiger partial charge in [-0.05, 0) is 6.42 Å². The van der Waals surface area contributed by atoms with Crippen molar-refractivity contribution in [1.82, 2.24) is 0 Å². The molecule has 1 aliphatic carbocycles. The molecule has 2 N–H and O–H groups in total. The standard InChI is InChI=1S/C8H9N/c1-2-8(9)6-4-3-5-7-8/h1,3-6H,7,9H2. The highest BCUT2D eigenvalue weighted by Gasteiger charge is 2.16. The minimum atomic E-state index is -0.519. The van der Waals surface area contributed by atoms with E-state index in [9.17, 15) is 0 Å². The molecule has 1 rings (SSSR count). The maximum absolute atomic E-state index is 5.68. The van der Waals surface area contributed by atoms with E-state index in [1.807, 2.05) is 24.3 Å². The molecular weight excluding hydrogens is 110 g/mol. The van der Waals surface area contributed by atoms with Crippen molar-refractivity contribution in [2.75, 3.05) is 0 Å². The molecule has 1 atom stereocenters. The first-order chi connectivity index (χ1) is 4.27. The van der Waals surface area contributed by atoms with Crippen LogP contribution in [0.25, 0.3) is 0 Å². The van der Waals surface area contributed by atoms with Crippen LogP contribution in [0.4, 0.5) is 0 Å². The summed E-state index contributed by atoms with van der Waals surface area (Å²) in [5.41, 5.74) is 5.17. The molecule has 0 amide bonds. The normalized spacial score (nSPS) is 32.0. The number of rotatable bonds is 0. The third-order valence-corrected chi connectivity index (χ3v) is 1.37. The summed E-state index contributed by atoms with van der Waals surface area (Å²) >= 11 is 0. The third kappa shape index (κ3) is 1.22. The van der Waals surface area contributed by atoms with Crippen molar-refractivity contribution >= 4 is 0 Å². The number of hydrogen-bond donors (Lipinski definition) is 1. The first kappa shape index (κ1) is 6.12. The first-order valence-corrected chi connectivity index (χ1v) is 2.88. The third-order valence-electron chi connectivity index (χ3n) is 1.37. The average molecular weight is 119 g/mol. The topological polar surface area (TPSA) is 26.0 Å². The van der Waals surface area contributed by atoms with Gasteiger partial charge < -0.3 is 5.73 Å². The quantitative estimate of drug-likeness (QED) is 0.470. The van der Waals surface area contributed by atoms with Crippen molar-refractivity contribution in [1.29, 1.82) is 0 Å². The molecule has 0 bridgehead atoms. The van der Waals surface area contributed by atoms with Gasteiger partial charge in [-0.25, -0.2) is 0 Å². The van der Waals surface area contributed by atoms with Crippen LogP contribution >= 0.6 is 0 Å². The van der Waals surface area contributed by atoms with Crippen molar-refractivity contribution in [3.8, 4) is 12.3 Å². The Kier molecular flexibility index (Phi) is 1.42. The lowest BCUT2D eigenvalue weighted by Crippen LogP contribution is -2.35. The van der Waals surface area contributed by atoms with Gasteiger partial charge in [0.2, 0.25) is 0 Å². The Hall–Kier alpha value is -1.00. The lowest BCUT2D eigenvalue weighted by molar-refractivity contribution is 0.685. The van der Waals surface area contributed by atoms with Crippen LogP contribution in [0.15, 0.2) is 24.3 Å². The lowest BCUT2D eigenvalue weighted by atomic mass is 9.94. The molecule has 46 valence electrons. The lowest BCUT2D eigenvalue weighted by Gasteiger charge is -2.18. The molecule has 0 radical (unpaired) electrons. The maximum atomic E-state index is 5.68. The predicted molar refractivity (Wildman–Crippen MR) is 38.6 cm³/mol. The van der Waals surface area contributed by atoms with Gasteiger partial charge in [0.05, 0.1) is 5.54 Å². The van der Waals surface area contributed by atoms with E-state index in [4.69, 9.17) is 12.2 Å². The van der Waals surface area contributed by atoms with Crippen LogP contribution < -0.4 is 5.73 Å². The van der Waals surface area contributed by atoms with Gasteiger partial charge in [0.25, 0.3) is 0 Å². The minimum Gasteiger partial charge on any atom is -0.312 e. The van der Waals surface area contributed by atoms with Crippen LogP contribution in [0.1, 0.15) is 6.42 Å². The molecule has 0 aliphatic heterocycles. The SMILES string of the molecule is C#CC1(N)C=CC=CC1. The van der Waals surface area contributed by atoms with Gasteiger partial charge in [0.15, 0.2) is 0 Å². The van der Waals surface area contributed by atoms with Gasteiger partial charge in [-0.2, -0.15) is 0 Å². The average Bonchev–Trinajstić information content (AvgIpc) is 1.90. The van der Waals surface area contributed by atoms with Crippen LogP contribution in [0, 0.1) is 12.3 Å². The van der Waals surface area contributed by atoms with Crippen molar-refractivity contribution in [3.05, 3.63) is 24.3 Å².